The Hall–Kier alpha value is -3.28. The third-order valence-electron chi connectivity index (χ3n) is 5.65. The first-order valence-corrected chi connectivity index (χ1v) is 10.2. The molecule has 154 valence electrons. The fraction of sp³-hybridized carbons (Fsp3) is 0.292. The fourth-order valence-electron chi connectivity index (χ4n) is 3.74. The SMILES string of the molecule is Cc1ccc(NC(=O)[C@@H]2CCCN(c3ncc(-c4cccc(F)c4)cn3)C2)cc1C. The van der Waals surface area contributed by atoms with E-state index in [0.29, 0.717) is 12.5 Å². The van der Waals surface area contributed by atoms with E-state index >= 15 is 0 Å². The van der Waals surface area contributed by atoms with Crippen molar-refractivity contribution in [2.45, 2.75) is 26.7 Å². The number of nitrogens with zero attached hydrogens (tertiary/aromatic N) is 3. The van der Waals surface area contributed by atoms with E-state index in [1.807, 2.05) is 36.1 Å². The second-order valence-corrected chi connectivity index (χ2v) is 7.86. The number of aromatic nitrogens is 2. The fourth-order valence-corrected chi connectivity index (χ4v) is 3.74. The molecule has 3 aromatic rings. The van der Waals surface area contributed by atoms with Crippen LogP contribution >= 0.6 is 0 Å². The lowest BCUT2D eigenvalue weighted by Crippen LogP contribution is -2.41. The Morgan fingerprint density at radius 1 is 1.07 bits per heavy atom. The highest BCUT2D eigenvalue weighted by Crippen LogP contribution is 2.24. The zero-order valence-corrected chi connectivity index (χ0v) is 17.2. The Balaban J connectivity index is 1.43. The summed E-state index contributed by atoms with van der Waals surface area (Å²) in [6.07, 6.45) is 5.15. The van der Waals surface area contributed by atoms with Crippen molar-refractivity contribution in [1.82, 2.24) is 9.97 Å². The quantitative estimate of drug-likeness (QED) is 0.681. The maximum Gasteiger partial charge on any atom is 0.229 e. The van der Waals surface area contributed by atoms with Crippen molar-refractivity contribution >= 4 is 17.5 Å². The molecular formula is C24H25FN4O. The van der Waals surface area contributed by atoms with Crippen LogP contribution in [0.4, 0.5) is 16.0 Å². The van der Waals surface area contributed by atoms with E-state index < -0.39 is 0 Å². The highest BCUT2D eigenvalue weighted by Gasteiger charge is 2.27. The molecule has 0 bridgehead atoms. The first kappa shape index (κ1) is 20.0. The Morgan fingerprint density at radius 3 is 2.60 bits per heavy atom. The highest BCUT2D eigenvalue weighted by molar-refractivity contribution is 5.93. The minimum atomic E-state index is -0.287. The minimum Gasteiger partial charge on any atom is -0.340 e. The van der Waals surface area contributed by atoms with Crippen molar-refractivity contribution in [1.29, 1.82) is 0 Å². The third-order valence-corrected chi connectivity index (χ3v) is 5.65. The van der Waals surface area contributed by atoms with Gasteiger partial charge in [-0.15, -0.1) is 0 Å². The van der Waals surface area contributed by atoms with Crippen molar-refractivity contribution in [2.75, 3.05) is 23.3 Å². The first-order chi connectivity index (χ1) is 14.5. The van der Waals surface area contributed by atoms with Crippen LogP contribution in [-0.4, -0.2) is 29.0 Å². The van der Waals surface area contributed by atoms with Crippen LogP contribution in [-0.2, 0) is 4.79 Å². The zero-order chi connectivity index (χ0) is 21.1. The molecule has 1 atom stereocenters. The minimum absolute atomic E-state index is 0.0272. The van der Waals surface area contributed by atoms with Gasteiger partial charge in [0.15, 0.2) is 0 Å². The molecule has 1 fully saturated rings. The van der Waals surface area contributed by atoms with Crippen molar-refractivity contribution in [2.24, 2.45) is 5.92 Å². The van der Waals surface area contributed by atoms with Gasteiger partial charge in [0.1, 0.15) is 5.82 Å². The number of halogens is 1. The molecule has 5 nitrogen and oxygen atoms in total. The number of aryl methyl sites for hydroxylation is 2. The average Bonchev–Trinajstić information content (AvgIpc) is 2.76. The van der Waals surface area contributed by atoms with Gasteiger partial charge in [-0.1, -0.05) is 18.2 Å². The predicted octanol–water partition coefficient (Wildman–Crippen LogP) is 4.75. The number of amides is 1. The van der Waals surface area contributed by atoms with Crippen molar-refractivity contribution in [3.63, 3.8) is 0 Å². The van der Waals surface area contributed by atoms with Gasteiger partial charge in [-0.25, -0.2) is 14.4 Å². The van der Waals surface area contributed by atoms with Gasteiger partial charge in [0, 0.05) is 36.7 Å². The molecule has 2 aromatic carbocycles. The Bertz CT molecular complexity index is 1050. The summed E-state index contributed by atoms with van der Waals surface area (Å²) >= 11 is 0. The molecule has 0 unspecified atom stereocenters. The predicted molar refractivity (Wildman–Crippen MR) is 117 cm³/mol. The molecule has 6 heteroatoms. The number of carbonyl (C=O) groups is 1. The molecule has 30 heavy (non-hydrogen) atoms. The molecule has 0 aliphatic carbocycles. The number of hydrogen-bond acceptors (Lipinski definition) is 4. The molecular weight excluding hydrogens is 379 g/mol. The van der Waals surface area contributed by atoms with E-state index in [2.05, 4.69) is 22.2 Å². The molecule has 0 saturated carbocycles. The summed E-state index contributed by atoms with van der Waals surface area (Å²) in [4.78, 5) is 23.8. The van der Waals surface area contributed by atoms with Crippen LogP contribution in [0.1, 0.15) is 24.0 Å². The lowest BCUT2D eigenvalue weighted by atomic mass is 9.97. The summed E-state index contributed by atoms with van der Waals surface area (Å²) in [6.45, 7) is 5.49. The average molecular weight is 404 g/mol. The van der Waals surface area contributed by atoms with Crippen LogP contribution in [0.15, 0.2) is 54.9 Å². The smallest absolute Gasteiger partial charge is 0.229 e. The van der Waals surface area contributed by atoms with Gasteiger partial charge < -0.3 is 10.2 Å². The second kappa shape index (κ2) is 8.61. The number of piperidine rings is 1. The van der Waals surface area contributed by atoms with Gasteiger partial charge in [0.2, 0.25) is 11.9 Å². The van der Waals surface area contributed by atoms with Crippen LogP contribution in [0.25, 0.3) is 11.1 Å². The van der Waals surface area contributed by atoms with Crippen LogP contribution < -0.4 is 10.2 Å². The summed E-state index contributed by atoms with van der Waals surface area (Å²) in [6, 6.07) is 12.3. The Kier molecular flexibility index (Phi) is 5.74. The third kappa shape index (κ3) is 4.48. The maximum absolute atomic E-state index is 13.5. The number of benzene rings is 2. The normalized spacial score (nSPS) is 16.4. The summed E-state index contributed by atoms with van der Waals surface area (Å²) < 4.78 is 13.5. The lowest BCUT2D eigenvalue weighted by Gasteiger charge is -2.32. The lowest BCUT2D eigenvalue weighted by molar-refractivity contribution is -0.120. The summed E-state index contributed by atoms with van der Waals surface area (Å²) in [5, 5.41) is 3.05. The van der Waals surface area contributed by atoms with Gasteiger partial charge in [0.25, 0.3) is 0 Å². The standard InChI is InChI=1S/C24H25FN4O/c1-16-8-9-22(11-17(16)2)28-23(30)19-6-4-10-29(15-19)24-26-13-20(14-27-24)18-5-3-7-21(25)12-18/h3,5,7-9,11-14,19H,4,6,10,15H2,1-2H3,(H,28,30)/t19-/m1/s1. The Labute approximate surface area is 176 Å². The van der Waals surface area contributed by atoms with E-state index in [-0.39, 0.29) is 17.6 Å². The van der Waals surface area contributed by atoms with E-state index in [1.54, 1.807) is 18.5 Å². The topological polar surface area (TPSA) is 58.1 Å². The monoisotopic (exact) mass is 404 g/mol. The number of hydrogen-bond donors (Lipinski definition) is 1. The molecule has 2 heterocycles. The van der Waals surface area contributed by atoms with E-state index in [0.717, 1.165) is 41.8 Å². The van der Waals surface area contributed by atoms with Gasteiger partial charge in [0.05, 0.1) is 5.92 Å². The number of carbonyl (C=O) groups excluding carboxylic acids is 1. The molecule has 0 radical (unpaired) electrons. The number of anilines is 2. The van der Waals surface area contributed by atoms with Crippen LogP contribution in [0.5, 0.6) is 0 Å². The second-order valence-electron chi connectivity index (χ2n) is 7.86. The molecule has 1 aliphatic heterocycles. The summed E-state index contributed by atoms with van der Waals surface area (Å²) in [5.74, 6) is 0.218. The molecule has 4 rings (SSSR count). The van der Waals surface area contributed by atoms with Gasteiger partial charge >= 0.3 is 0 Å². The molecule has 1 aliphatic rings. The van der Waals surface area contributed by atoms with Crippen LogP contribution in [0.2, 0.25) is 0 Å². The van der Waals surface area contributed by atoms with E-state index in [9.17, 15) is 9.18 Å². The van der Waals surface area contributed by atoms with Gasteiger partial charge in [-0.2, -0.15) is 0 Å². The Morgan fingerprint density at radius 2 is 1.87 bits per heavy atom. The maximum atomic E-state index is 13.5. The highest BCUT2D eigenvalue weighted by atomic mass is 19.1. The van der Waals surface area contributed by atoms with Crippen molar-refractivity contribution < 1.29 is 9.18 Å². The largest absolute Gasteiger partial charge is 0.340 e. The first-order valence-electron chi connectivity index (χ1n) is 10.2. The van der Waals surface area contributed by atoms with Gasteiger partial charge in [-0.05, 0) is 67.6 Å². The molecule has 1 saturated heterocycles. The molecule has 0 spiro atoms. The molecule has 1 aromatic heterocycles. The van der Waals surface area contributed by atoms with Crippen LogP contribution in [0, 0.1) is 25.6 Å². The summed E-state index contributed by atoms with van der Waals surface area (Å²) in [7, 11) is 0. The molecule has 1 N–H and O–H groups in total. The van der Waals surface area contributed by atoms with E-state index in [1.165, 1.54) is 17.7 Å². The zero-order valence-electron chi connectivity index (χ0n) is 17.2. The van der Waals surface area contributed by atoms with Crippen molar-refractivity contribution in [3.8, 4) is 11.1 Å². The van der Waals surface area contributed by atoms with Crippen molar-refractivity contribution in [3.05, 3.63) is 71.8 Å². The van der Waals surface area contributed by atoms with Crippen LogP contribution in [0.3, 0.4) is 0 Å². The number of nitrogens with one attached hydrogen (secondary N) is 1. The van der Waals surface area contributed by atoms with E-state index in [4.69, 9.17) is 0 Å². The number of rotatable bonds is 4. The molecule has 1 amide bonds. The van der Waals surface area contributed by atoms with Gasteiger partial charge in [-0.3, -0.25) is 4.79 Å². The summed E-state index contributed by atoms with van der Waals surface area (Å²) in [5.41, 5.74) is 4.70.